The maximum atomic E-state index is 10.9. The van der Waals surface area contributed by atoms with Crippen molar-refractivity contribution in [2.24, 2.45) is 0 Å². The van der Waals surface area contributed by atoms with Gasteiger partial charge < -0.3 is 9.47 Å². The van der Waals surface area contributed by atoms with E-state index in [1.54, 1.807) is 24.3 Å². The summed E-state index contributed by atoms with van der Waals surface area (Å²) in [5, 5.41) is 10.9. The fourth-order valence-electron chi connectivity index (χ4n) is 1.60. The van der Waals surface area contributed by atoms with Crippen molar-refractivity contribution in [2.45, 2.75) is 0 Å². The third-order valence-electron chi connectivity index (χ3n) is 2.45. The van der Waals surface area contributed by atoms with Crippen LogP contribution in [0, 0.1) is 10.1 Å². The van der Waals surface area contributed by atoms with Crippen LogP contribution in [0.15, 0.2) is 42.6 Å². The van der Waals surface area contributed by atoms with E-state index in [4.69, 9.17) is 9.47 Å². The van der Waals surface area contributed by atoms with Crippen LogP contribution in [-0.4, -0.2) is 23.8 Å². The van der Waals surface area contributed by atoms with E-state index in [1.807, 2.05) is 0 Å². The maximum absolute atomic E-state index is 10.9. The molecule has 2 rings (SSSR count). The lowest BCUT2D eigenvalue weighted by molar-refractivity contribution is -0.384. The van der Waals surface area contributed by atoms with E-state index in [0.717, 1.165) is 0 Å². The average Bonchev–Trinajstić information content (AvgIpc) is 2.45. The Hall–Kier alpha value is -2.47. The molecule has 1 heterocycles. The van der Waals surface area contributed by atoms with Crippen molar-refractivity contribution in [3.05, 3.63) is 52.7 Å². The zero-order chi connectivity index (χ0) is 13.7. The van der Waals surface area contributed by atoms with Crippen LogP contribution in [0.1, 0.15) is 0 Å². The van der Waals surface area contributed by atoms with Gasteiger partial charge in [-0.1, -0.05) is 0 Å². The first-order valence-corrected chi connectivity index (χ1v) is 5.54. The zero-order valence-corrected chi connectivity index (χ0v) is 10.3. The highest BCUT2D eigenvalue weighted by molar-refractivity contribution is 5.69. The van der Waals surface area contributed by atoms with Crippen LogP contribution in [0.5, 0.6) is 5.75 Å². The van der Waals surface area contributed by atoms with E-state index < -0.39 is 4.92 Å². The van der Waals surface area contributed by atoms with Crippen molar-refractivity contribution in [3.8, 4) is 17.0 Å². The fourth-order valence-corrected chi connectivity index (χ4v) is 1.60. The summed E-state index contributed by atoms with van der Waals surface area (Å²) in [4.78, 5) is 14.5. The Morgan fingerprint density at radius 3 is 2.63 bits per heavy atom. The highest BCUT2D eigenvalue weighted by Crippen LogP contribution is 2.28. The van der Waals surface area contributed by atoms with Crippen LogP contribution in [0.25, 0.3) is 11.3 Å². The molecule has 0 aliphatic rings. The van der Waals surface area contributed by atoms with Crippen LogP contribution in [-0.2, 0) is 4.74 Å². The van der Waals surface area contributed by atoms with Crippen LogP contribution >= 0.6 is 0 Å². The second-order valence-corrected chi connectivity index (χ2v) is 3.70. The summed E-state index contributed by atoms with van der Waals surface area (Å²) in [6, 6.07) is 9.84. The fraction of sp³-hybridized carbons (Fsp3) is 0.154. The van der Waals surface area contributed by atoms with Gasteiger partial charge in [-0.3, -0.25) is 10.1 Å². The molecule has 6 heteroatoms. The van der Waals surface area contributed by atoms with Crippen LogP contribution < -0.4 is 4.74 Å². The lowest BCUT2D eigenvalue weighted by Crippen LogP contribution is -1.98. The highest BCUT2D eigenvalue weighted by Gasteiger charge is 2.15. The molecule has 0 aliphatic carbocycles. The molecule has 0 bridgehead atoms. The molecule has 19 heavy (non-hydrogen) atoms. The first kappa shape index (κ1) is 13.0. The van der Waals surface area contributed by atoms with Gasteiger partial charge in [0.25, 0.3) is 5.69 Å². The van der Waals surface area contributed by atoms with E-state index in [-0.39, 0.29) is 12.5 Å². The Kier molecular flexibility index (Phi) is 4.04. The maximum Gasteiger partial charge on any atom is 0.295 e. The summed E-state index contributed by atoms with van der Waals surface area (Å²) in [6.07, 6.45) is 1.53. The van der Waals surface area contributed by atoms with Gasteiger partial charge in [0.15, 0.2) is 6.79 Å². The molecular formula is C13H12N2O4. The number of hydrogen-bond donors (Lipinski definition) is 0. The molecule has 0 spiro atoms. The summed E-state index contributed by atoms with van der Waals surface area (Å²) in [5.41, 5.74) is 0.982. The van der Waals surface area contributed by atoms with E-state index in [9.17, 15) is 10.1 Å². The van der Waals surface area contributed by atoms with Gasteiger partial charge in [-0.15, -0.1) is 0 Å². The molecule has 6 nitrogen and oxygen atoms in total. The average molecular weight is 260 g/mol. The van der Waals surface area contributed by atoms with Crippen LogP contribution in [0.4, 0.5) is 5.69 Å². The Morgan fingerprint density at radius 2 is 2.00 bits per heavy atom. The number of nitrogens with zero attached hydrogens (tertiary/aromatic N) is 2. The van der Waals surface area contributed by atoms with Crippen molar-refractivity contribution < 1.29 is 14.4 Å². The van der Waals surface area contributed by atoms with Crippen LogP contribution in [0.3, 0.4) is 0 Å². The number of rotatable bonds is 5. The van der Waals surface area contributed by atoms with E-state index in [2.05, 4.69) is 4.98 Å². The number of benzene rings is 1. The molecule has 0 fully saturated rings. The van der Waals surface area contributed by atoms with Gasteiger partial charge >= 0.3 is 0 Å². The smallest absolute Gasteiger partial charge is 0.295 e. The van der Waals surface area contributed by atoms with Crippen molar-refractivity contribution >= 4 is 5.69 Å². The molecule has 0 N–H and O–H groups in total. The zero-order valence-electron chi connectivity index (χ0n) is 10.3. The second kappa shape index (κ2) is 5.92. The summed E-state index contributed by atoms with van der Waals surface area (Å²) in [7, 11) is 1.53. The number of nitro groups is 1. The SMILES string of the molecule is COCOc1ccc(-c2ncccc2[N+](=O)[O-])cc1. The molecule has 0 aliphatic heterocycles. The lowest BCUT2D eigenvalue weighted by Gasteiger charge is -2.06. The largest absolute Gasteiger partial charge is 0.468 e. The molecule has 98 valence electrons. The lowest BCUT2D eigenvalue weighted by atomic mass is 10.1. The summed E-state index contributed by atoms with van der Waals surface area (Å²) < 4.78 is 10.0. The quantitative estimate of drug-likeness (QED) is 0.469. The van der Waals surface area contributed by atoms with Crippen molar-refractivity contribution in [1.29, 1.82) is 0 Å². The molecular weight excluding hydrogens is 248 g/mol. The summed E-state index contributed by atoms with van der Waals surface area (Å²) >= 11 is 0. The van der Waals surface area contributed by atoms with Gasteiger partial charge in [0.2, 0.25) is 0 Å². The molecule has 0 radical (unpaired) electrons. The first-order chi connectivity index (χ1) is 9.22. The van der Waals surface area contributed by atoms with Gasteiger partial charge in [-0.05, 0) is 30.3 Å². The topological polar surface area (TPSA) is 74.5 Å². The van der Waals surface area contributed by atoms with Gasteiger partial charge in [0.1, 0.15) is 11.4 Å². The summed E-state index contributed by atoms with van der Waals surface area (Å²) in [5.74, 6) is 0.629. The number of methoxy groups -OCH3 is 1. The molecule has 2 aromatic rings. The minimum absolute atomic E-state index is 0.0203. The van der Waals surface area contributed by atoms with Gasteiger partial charge in [-0.2, -0.15) is 0 Å². The molecule has 1 aromatic heterocycles. The number of ether oxygens (including phenoxy) is 2. The number of aromatic nitrogens is 1. The molecule has 0 unspecified atom stereocenters. The Bertz CT molecular complexity index is 569. The molecule has 0 saturated carbocycles. The molecule has 0 atom stereocenters. The molecule has 0 amide bonds. The van der Waals surface area contributed by atoms with Crippen molar-refractivity contribution in [2.75, 3.05) is 13.9 Å². The Labute approximate surface area is 109 Å². The molecule has 1 aromatic carbocycles. The Morgan fingerprint density at radius 1 is 1.26 bits per heavy atom. The van der Waals surface area contributed by atoms with Crippen molar-refractivity contribution in [1.82, 2.24) is 4.98 Å². The normalized spacial score (nSPS) is 10.2. The van der Waals surface area contributed by atoms with E-state index in [1.165, 1.54) is 25.4 Å². The minimum atomic E-state index is -0.447. The van der Waals surface area contributed by atoms with Gasteiger partial charge in [-0.25, -0.2) is 4.98 Å². The Balaban J connectivity index is 2.30. The third-order valence-corrected chi connectivity index (χ3v) is 2.45. The molecule has 0 saturated heterocycles. The summed E-state index contributed by atoms with van der Waals surface area (Å²) in [6.45, 7) is 0.156. The number of hydrogen-bond acceptors (Lipinski definition) is 5. The van der Waals surface area contributed by atoms with E-state index in [0.29, 0.717) is 17.0 Å². The third kappa shape index (κ3) is 3.05. The second-order valence-electron chi connectivity index (χ2n) is 3.70. The predicted molar refractivity (Wildman–Crippen MR) is 68.8 cm³/mol. The van der Waals surface area contributed by atoms with E-state index >= 15 is 0 Å². The highest BCUT2D eigenvalue weighted by atomic mass is 16.7. The number of pyridine rings is 1. The van der Waals surface area contributed by atoms with Gasteiger partial charge in [0.05, 0.1) is 4.92 Å². The first-order valence-electron chi connectivity index (χ1n) is 5.54. The van der Waals surface area contributed by atoms with Crippen molar-refractivity contribution in [3.63, 3.8) is 0 Å². The standard InChI is InChI=1S/C13H12N2O4/c1-18-9-19-11-6-4-10(5-7-11)13-12(15(16)17)3-2-8-14-13/h2-8H,9H2,1H3. The predicted octanol–water partition coefficient (Wildman–Crippen LogP) is 2.64. The van der Waals surface area contributed by atoms with Gasteiger partial charge in [0, 0.05) is 24.9 Å². The van der Waals surface area contributed by atoms with Crippen LogP contribution in [0.2, 0.25) is 0 Å². The minimum Gasteiger partial charge on any atom is -0.468 e. The monoisotopic (exact) mass is 260 g/mol.